The van der Waals surface area contributed by atoms with E-state index in [1.54, 1.807) is 0 Å². The number of carbonyl (C=O) groups excluding carboxylic acids is 1. The van der Waals surface area contributed by atoms with E-state index in [2.05, 4.69) is 14.8 Å². The van der Waals surface area contributed by atoms with Crippen LogP contribution in [0.15, 0.2) is 5.11 Å². The summed E-state index contributed by atoms with van der Waals surface area (Å²) in [6.45, 7) is 0.215. The Kier molecular flexibility index (Phi) is 4.89. The van der Waals surface area contributed by atoms with Crippen LogP contribution < -0.4 is 5.73 Å². The number of rotatable bonds is 4. The van der Waals surface area contributed by atoms with Gasteiger partial charge in [-0.15, -0.1) is 0 Å². The Hall–Kier alpha value is -1.26. The van der Waals surface area contributed by atoms with Crippen molar-refractivity contribution < 1.29 is 9.53 Å². The molecule has 0 aromatic rings. The van der Waals surface area contributed by atoms with Gasteiger partial charge in [-0.25, -0.2) is 0 Å². The monoisotopic (exact) mass is 158 g/mol. The lowest BCUT2D eigenvalue weighted by atomic mass is 10.2. The first-order chi connectivity index (χ1) is 5.22. The Bertz CT molecular complexity index is 175. The molecule has 0 bridgehead atoms. The molecular weight excluding hydrogens is 148 g/mol. The van der Waals surface area contributed by atoms with Crippen LogP contribution in [0.2, 0.25) is 0 Å². The van der Waals surface area contributed by atoms with Crippen molar-refractivity contribution in [3.63, 3.8) is 0 Å². The molecule has 6 heteroatoms. The van der Waals surface area contributed by atoms with E-state index in [1.807, 2.05) is 0 Å². The molecule has 6 nitrogen and oxygen atoms in total. The number of methoxy groups -OCH3 is 1. The lowest BCUT2D eigenvalue weighted by Gasteiger charge is -2.05. The molecule has 0 aliphatic rings. The van der Waals surface area contributed by atoms with Gasteiger partial charge in [0, 0.05) is 11.5 Å². The van der Waals surface area contributed by atoms with Crippen molar-refractivity contribution in [2.24, 2.45) is 10.8 Å². The van der Waals surface area contributed by atoms with Gasteiger partial charge in [0.25, 0.3) is 0 Å². The second-order valence-electron chi connectivity index (χ2n) is 1.87. The summed E-state index contributed by atoms with van der Waals surface area (Å²) in [5.41, 5.74) is 13.2. The van der Waals surface area contributed by atoms with E-state index in [0.717, 1.165) is 0 Å². The number of nitrogens with zero attached hydrogens (tertiary/aromatic N) is 3. The molecule has 0 fully saturated rings. The van der Waals surface area contributed by atoms with E-state index in [9.17, 15) is 4.79 Å². The second-order valence-corrected chi connectivity index (χ2v) is 1.87. The fourth-order valence-corrected chi connectivity index (χ4v) is 0.511. The molecule has 0 rings (SSSR count). The minimum Gasteiger partial charge on any atom is -0.468 e. The van der Waals surface area contributed by atoms with Crippen LogP contribution in [-0.2, 0) is 9.53 Å². The van der Waals surface area contributed by atoms with Crippen molar-refractivity contribution in [3.05, 3.63) is 10.4 Å². The van der Waals surface area contributed by atoms with E-state index < -0.39 is 12.0 Å². The van der Waals surface area contributed by atoms with Gasteiger partial charge in [0.05, 0.1) is 7.11 Å². The Balaban J connectivity index is 3.59. The number of hydrogen-bond donors (Lipinski definition) is 1. The number of nitrogens with two attached hydrogens (primary N) is 1. The zero-order chi connectivity index (χ0) is 8.69. The highest BCUT2D eigenvalue weighted by Gasteiger charge is 2.11. The van der Waals surface area contributed by atoms with E-state index in [1.165, 1.54) is 7.11 Å². The predicted molar refractivity (Wildman–Crippen MR) is 38.6 cm³/mol. The second kappa shape index (κ2) is 5.52. The van der Waals surface area contributed by atoms with Crippen LogP contribution in [0, 0.1) is 0 Å². The Morgan fingerprint density at radius 2 is 2.55 bits per heavy atom. The van der Waals surface area contributed by atoms with Crippen LogP contribution in [0.25, 0.3) is 10.4 Å². The third kappa shape index (κ3) is 4.19. The van der Waals surface area contributed by atoms with Gasteiger partial charge in [-0.3, -0.25) is 4.79 Å². The van der Waals surface area contributed by atoms with Crippen LogP contribution in [0.3, 0.4) is 0 Å². The van der Waals surface area contributed by atoms with Crippen molar-refractivity contribution in [2.75, 3.05) is 13.7 Å². The Morgan fingerprint density at radius 1 is 1.91 bits per heavy atom. The van der Waals surface area contributed by atoms with Gasteiger partial charge in [0.1, 0.15) is 6.04 Å². The summed E-state index contributed by atoms with van der Waals surface area (Å²) < 4.78 is 4.34. The molecule has 2 N–H and O–H groups in total. The molecule has 0 aromatic heterocycles. The van der Waals surface area contributed by atoms with E-state index >= 15 is 0 Å². The molecule has 0 heterocycles. The van der Waals surface area contributed by atoms with Crippen LogP contribution in [0.1, 0.15) is 6.42 Å². The van der Waals surface area contributed by atoms with E-state index in [4.69, 9.17) is 11.3 Å². The average molecular weight is 158 g/mol. The van der Waals surface area contributed by atoms with Gasteiger partial charge >= 0.3 is 5.97 Å². The Labute approximate surface area is 63.9 Å². The molecule has 0 aliphatic heterocycles. The summed E-state index contributed by atoms with van der Waals surface area (Å²) in [7, 11) is 1.26. The van der Waals surface area contributed by atoms with E-state index in [0.29, 0.717) is 6.42 Å². The van der Waals surface area contributed by atoms with Gasteiger partial charge in [-0.1, -0.05) is 5.11 Å². The normalized spacial score (nSPS) is 11.5. The predicted octanol–water partition coefficient (Wildman–Crippen LogP) is 0.187. The number of azide groups is 1. The van der Waals surface area contributed by atoms with Gasteiger partial charge < -0.3 is 10.5 Å². The van der Waals surface area contributed by atoms with Crippen molar-refractivity contribution in [1.82, 2.24) is 0 Å². The number of hydrogen-bond acceptors (Lipinski definition) is 4. The highest BCUT2D eigenvalue weighted by Crippen LogP contribution is 1.91. The lowest BCUT2D eigenvalue weighted by Crippen LogP contribution is -2.32. The number of ether oxygens (including phenoxy) is 1. The van der Waals surface area contributed by atoms with Crippen LogP contribution in [0.5, 0.6) is 0 Å². The third-order valence-corrected chi connectivity index (χ3v) is 1.11. The quantitative estimate of drug-likeness (QED) is 0.273. The lowest BCUT2D eigenvalue weighted by molar-refractivity contribution is -0.142. The van der Waals surface area contributed by atoms with Gasteiger partial charge in [-0.05, 0) is 12.0 Å². The molecular formula is C5H10N4O2. The summed E-state index contributed by atoms with van der Waals surface area (Å²) >= 11 is 0. The van der Waals surface area contributed by atoms with Crippen LogP contribution in [0.4, 0.5) is 0 Å². The van der Waals surface area contributed by atoms with Crippen molar-refractivity contribution in [3.8, 4) is 0 Å². The molecule has 0 unspecified atom stereocenters. The zero-order valence-electron chi connectivity index (χ0n) is 6.23. The molecule has 11 heavy (non-hydrogen) atoms. The molecule has 0 amide bonds. The van der Waals surface area contributed by atoms with Crippen LogP contribution in [-0.4, -0.2) is 25.7 Å². The minimum absolute atomic E-state index is 0.215. The average Bonchev–Trinajstić information content (AvgIpc) is 2.03. The molecule has 0 saturated heterocycles. The largest absolute Gasteiger partial charge is 0.468 e. The number of esters is 1. The fraction of sp³-hybridized carbons (Fsp3) is 0.800. The molecule has 0 spiro atoms. The van der Waals surface area contributed by atoms with Gasteiger partial charge in [-0.2, -0.15) is 0 Å². The van der Waals surface area contributed by atoms with Gasteiger partial charge in [0.2, 0.25) is 0 Å². The van der Waals surface area contributed by atoms with Crippen LogP contribution >= 0.6 is 0 Å². The maximum atomic E-state index is 10.6. The standard InChI is InChI=1S/C5H10N4O2/c1-11-5(10)4(6)2-3-8-9-7/h4H,2-3,6H2,1H3/t4-/m0/s1. The van der Waals surface area contributed by atoms with E-state index in [-0.39, 0.29) is 6.54 Å². The maximum absolute atomic E-state index is 10.6. The summed E-state index contributed by atoms with van der Waals surface area (Å²) in [6.07, 6.45) is 0.316. The molecule has 0 saturated carbocycles. The minimum atomic E-state index is -0.689. The van der Waals surface area contributed by atoms with Crippen molar-refractivity contribution >= 4 is 5.97 Å². The maximum Gasteiger partial charge on any atom is 0.322 e. The van der Waals surface area contributed by atoms with Crippen molar-refractivity contribution in [1.29, 1.82) is 0 Å². The molecule has 62 valence electrons. The molecule has 0 aliphatic carbocycles. The molecule has 0 aromatic carbocycles. The smallest absolute Gasteiger partial charge is 0.322 e. The molecule has 0 radical (unpaired) electrons. The van der Waals surface area contributed by atoms with Gasteiger partial charge in [0.15, 0.2) is 0 Å². The first-order valence-corrected chi connectivity index (χ1v) is 3.06. The summed E-state index contributed by atoms with van der Waals surface area (Å²) in [5, 5.41) is 3.22. The first kappa shape index (κ1) is 9.74. The highest BCUT2D eigenvalue weighted by atomic mass is 16.5. The first-order valence-electron chi connectivity index (χ1n) is 3.06. The summed E-state index contributed by atoms with van der Waals surface area (Å²) in [4.78, 5) is 13.1. The SMILES string of the molecule is COC(=O)[C@@H](N)CCN=[N+]=[N-]. The topological polar surface area (TPSA) is 101 Å². The summed E-state index contributed by atoms with van der Waals surface area (Å²) in [6, 6.07) is -0.689. The Morgan fingerprint density at radius 3 is 3.00 bits per heavy atom. The third-order valence-electron chi connectivity index (χ3n) is 1.11. The van der Waals surface area contributed by atoms with Crippen molar-refractivity contribution in [2.45, 2.75) is 12.5 Å². The summed E-state index contributed by atoms with van der Waals surface area (Å²) in [5.74, 6) is -0.488. The highest BCUT2D eigenvalue weighted by molar-refractivity contribution is 5.75. The fourth-order valence-electron chi connectivity index (χ4n) is 0.511. The number of carbonyl (C=O) groups is 1. The zero-order valence-corrected chi connectivity index (χ0v) is 6.23. The molecule has 1 atom stereocenters.